The Balaban J connectivity index is 2.09. The Labute approximate surface area is 165 Å². The Morgan fingerprint density at radius 1 is 1.07 bits per heavy atom. The summed E-state index contributed by atoms with van der Waals surface area (Å²) in [5, 5.41) is 20.1. The second-order valence-corrected chi connectivity index (χ2v) is 10.3. The minimum Gasteiger partial charge on any atom is -0.387 e. The zero-order valence-electron chi connectivity index (χ0n) is 14.7. The van der Waals surface area contributed by atoms with E-state index in [4.69, 9.17) is 19.4 Å². The van der Waals surface area contributed by atoms with Gasteiger partial charge in [0.2, 0.25) is 0 Å². The highest BCUT2D eigenvalue weighted by Gasteiger charge is 2.47. The average molecular weight is 498 g/mol. The van der Waals surface area contributed by atoms with Crippen LogP contribution in [0.15, 0.2) is 15.8 Å². The van der Waals surface area contributed by atoms with Crippen molar-refractivity contribution in [2.75, 3.05) is 6.61 Å². The van der Waals surface area contributed by atoms with Gasteiger partial charge in [0, 0.05) is 13.2 Å². The minimum absolute atomic E-state index is 0.260. The molecular weight excluding hydrogens is 481 g/mol. The number of H-pyrrole nitrogens is 1. The molecule has 2 heterocycles. The number of aliphatic hydroxyl groups is 2. The van der Waals surface area contributed by atoms with Crippen LogP contribution >= 0.6 is 23.5 Å². The fraction of sp³-hybridized carbons (Fsp3) is 0.600. The predicted octanol–water partition coefficient (Wildman–Crippen LogP) is -2.42. The van der Waals surface area contributed by atoms with Gasteiger partial charge in [0.1, 0.15) is 24.4 Å². The van der Waals surface area contributed by atoms with E-state index in [1.165, 1.54) is 0 Å². The number of aromatic nitrogens is 2. The molecule has 172 valence electrons. The van der Waals surface area contributed by atoms with Gasteiger partial charge in [-0.3, -0.25) is 13.9 Å². The van der Waals surface area contributed by atoms with Crippen LogP contribution in [0.1, 0.15) is 11.7 Å². The first kappa shape index (κ1) is 25.2. The first-order valence-electron chi connectivity index (χ1n) is 7.61. The van der Waals surface area contributed by atoms with E-state index in [0.29, 0.717) is 4.57 Å². The summed E-state index contributed by atoms with van der Waals surface area (Å²) in [4.78, 5) is 61.1. The third-order valence-electron chi connectivity index (χ3n) is 3.69. The third kappa shape index (κ3) is 6.24. The van der Waals surface area contributed by atoms with E-state index in [9.17, 15) is 38.4 Å². The molecule has 1 saturated heterocycles. The molecule has 0 aromatic carbocycles. The number of rotatable bonds is 8. The zero-order chi connectivity index (χ0) is 23.1. The summed E-state index contributed by atoms with van der Waals surface area (Å²) < 4.78 is 50.8. The number of hydrogen-bond donors (Lipinski definition) is 7. The van der Waals surface area contributed by atoms with Crippen molar-refractivity contribution in [1.29, 1.82) is 0 Å². The van der Waals surface area contributed by atoms with E-state index >= 15 is 0 Å². The molecule has 1 aliphatic heterocycles. The fourth-order valence-corrected chi connectivity index (χ4v) is 5.43. The Kier molecular flexibility index (Phi) is 7.44. The number of hydrogen-bond acceptors (Lipinski definition) is 11. The lowest BCUT2D eigenvalue weighted by molar-refractivity contribution is -0.0228. The quantitative estimate of drug-likeness (QED) is 0.184. The molecule has 1 aromatic heterocycles. The molecule has 1 aliphatic rings. The molecule has 1 aromatic rings. The van der Waals surface area contributed by atoms with Gasteiger partial charge in [0.15, 0.2) is 0 Å². The van der Waals surface area contributed by atoms with Crippen LogP contribution in [0.25, 0.3) is 0 Å². The van der Waals surface area contributed by atoms with Crippen LogP contribution in [0.4, 0.5) is 0 Å². The number of aromatic amines is 1. The van der Waals surface area contributed by atoms with Gasteiger partial charge in [-0.1, -0.05) is 0 Å². The van der Waals surface area contributed by atoms with Crippen LogP contribution in [-0.4, -0.2) is 64.3 Å². The molecule has 6 atom stereocenters. The molecule has 0 amide bonds. The van der Waals surface area contributed by atoms with Crippen molar-refractivity contribution in [3.63, 3.8) is 0 Å². The minimum atomic E-state index is -5.73. The SMILES string of the molecule is Cn1c(=O)[nH]cc([C@@H]2O[C@H](COP(=O)(O)OP(=O)(O)OP(=O)(O)O)C(O)C2O)c1=O. The molecule has 4 unspecified atom stereocenters. The van der Waals surface area contributed by atoms with Gasteiger partial charge >= 0.3 is 29.2 Å². The molecule has 0 aliphatic carbocycles. The normalized spacial score (nSPS) is 28.8. The second-order valence-electron chi connectivity index (χ2n) is 5.88. The summed E-state index contributed by atoms with van der Waals surface area (Å²) in [5.74, 6) is 0. The maximum Gasteiger partial charge on any atom is 0.490 e. The average Bonchev–Trinajstić information content (AvgIpc) is 2.83. The van der Waals surface area contributed by atoms with E-state index < -0.39 is 65.7 Å². The van der Waals surface area contributed by atoms with Crippen LogP contribution < -0.4 is 11.2 Å². The van der Waals surface area contributed by atoms with Crippen molar-refractivity contribution in [2.45, 2.75) is 24.4 Å². The second kappa shape index (κ2) is 8.84. The van der Waals surface area contributed by atoms with Crippen LogP contribution in [-0.2, 0) is 38.6 Å². The molecule has 17 nitrogen and oxygen atoms in total. The lowest BCUT2D eigenvalue weighted by Gasteiger charge is -2.19. The van der Waals surface area contributed by atoms with Crippen molar-refractivity contribution in [2.24, 2.45) is 7.05 Å². The van der Waals surface area contributed by atoms with Crippen molar-refractivity contribution in [3.8, 4) is 0 Å². The highest BCUT2D eigenvalue weighted by atomic mass is 31.3. The van der Waals surface area contributed by atoms with Gasteiger partial charge in [-0.25, -0.2) is 18.5 Å². The number of ether oxygens (including phenoxy) is 1. The number of phosphoric acid groups is 3. The summed E-state index contributed by atoms with van der Waals surface area (Å²) in [5.41, 5.74) is -1.88. The first-order valence-corrected chi connectivity index (χ1v) is 12.1. The summed E-state index contributed by atoms with van der Waals surface area (Å²) in [6.45, 7) is -1.04. The number of phosphoric ester groups is 1. The van der Waals surface area contributed by atoms with Crippen LogP contribution in [0.2, 0.25) is 0 Å². The highest BCUT2D eigenvalue weighted by Crippen LogP contribution is 2.66. The molecule has 2 rings (SSSR count). The summed E-state index contributed by atoms with van der Waals surface area (Å²) >= 11 is 0. The summed E-state index contributed by atoms with van der Waals surface area (Å²) in [7, 11) is -15.6. The van der Waals surface area contributed by atoms with Crippen molar-refractivity contribution >= 4 is 23.5 Å². The number of nitrogens with one attached hydrogen (secondary N) is 1. The number of aliphatic hydroxyl groups excluding tert-OH is 2. The molecule has 0 saturated carbocycles. The zero-order valence-corrected chi connectivity index (χ0v) is 17.4. The molecule has 20 heteroatoms. The summed E-state index contributed by atoms with van der Waals surface area (Å²) in [6.07, 6.45) is -5.62. The predicted molar refractivity (Wildman–Crippen MR) is 91.7 cm³/mol. The third-order valence-corrected chi connectivity index (χ3v) is 7.50. The molecule has 7 N–H and O–H groups in total. The topological polar surface area (TPSA) is 264 Å². The Hall–Kier alpha value is -1.03. The lowest BCUT2D eigenvalue weighted by atomic mass is 10.0. The van der Waals surface area contributed by atoms with Gasteiger partial charge in [-0.15, -0.1) is 0 Å². The molecule has 0 spiro atoms. The van der Waals surface area contributed by atoms with Gasteiger partial charge in [0.25, 0.3) is 5.56 Å². The van der Waals surface area contributed by atoms with Crippen LogP contribution in [0.3, 0.4) is 0 Å². The number of nitrogens with zero attached hydrogens (tertiary/aromatic N) is 1. The van der Waals surface area contributed by atoms with Crippen LogP contribution in [0, 0.1) is 0 Å². The molecular formula is C10H17N2O15P3. The van der Waals surface area contributed by atoms with E-state index in [-0.39, 0.29) is 5.56 Å². The van der Waals surface area contributed by atoms with E-state index in [1.54, 1.807) is 0 Å². The van der Waals surface area contributed by atoms with Crippen LogP contribution in [0.5, 0.6) is 0 Å². The lowest BCUT2D eigenvalue weighted by Crippen LogP contribution is -2.37. The monoisotopic (exact) mass is 498 g/mol. The fourth-order valence-electron chi connectivity index (χ4n) is 2.40. The van der Waals surface area contributed by atoms with E-state index in [0.717, 1.165) is 13.2 Å². The van der Waals surface area contributed by atoms with Gasteiger partial charge in [-0.2, -0.15) is 8.62 Å². The first-order chi connectivity index (χ1) is 13.5. The molecule has 1 fully saturated rings. The van der Waals surface area contributed by atoms with Crippen molar-refractivity contribution < 1.29 is 61.4 Å². The highest BCUT2D eigenvalue weighted by molar-refractivity contribution is 7.66. The summed E-state index contributed by atoms with van der Waals surface area (Å²) in [6, 6.07) is 0. The maximum atomic E-state index is 12.1. The Bertz CT molecular complexity index is 1040. The van der Waals surface area contributed by atoms with E-state index in [1.807, 2.05) is 0 Å². The Morgan fingerprint density at radius 3 is 2.23 bits per heavy atom. The molecule has 30 heavy (non-hydrogen) atoms. The smallest absolute Gasteiger partial charge is 0.387 e. The van der Waals surface area contributed by atoms with Gasteiger partial charge in [-0.05, 0) is 0 Å². The molecule has 0 bridgehead atoms. The van der Waals surface area contributed by atoms with Gasteiger partial charge < -0.3 is 39.5 Å². The molecule has 0 radical (unpaired) electrons. The largest absolute Gasteiger partial charge is 0.490 e. The standard InChI is InChI=1S/C10H17N2O15P3/c1-12-9(15)4(2-11-10(12)16)8-7(14)6(13)5(25-8)3-24-29(20,21)27-30(22,23)26-28(17,18)19/h2,5-8,13-14H,3H2,1H3,(H,11,16)(H,20,21)(H,22,23)(H2,17,18,19)/t5-,6?,7?,8+/m1/s1. The van der Waals surface area contributed by atoms with Gasteiger partial charge in [0.05, 0.1) is 12.2 Å². The van der Waals surface area contributed by atoms with Crippen molar-refractivity contribution in [3.05, 3.63) is 32.6 Å². The van der Waals surface area contributed by atoms with Crippen molar-refractivity contribution in [1.82, 2.24) is 9.55 Å². The maximum absolute atomic E-state index is 12.1. The Morgan fingerprint density at radius 2 is 1.67 bits per heavy atom. The van der Waals surface area contributed by atoms with E-state index in [2.05, 4.69) is 18.1 Å².